The topological polar surface area (TPSA) is 84.1 Å². The molecule has 1 heterocycles. The molecule has 0 aliphatic rings. The molecule has 0 amide bonds. The number of rotatable bonds is 5. The van der Waals surface area contributed by atoms with Gasteiger partial charge in [0.1, 0.15) is 0 Å². The van der Waals surface area contributed by atoms with Crippen molar-refractivity contribution in [1.82, 2.24) is 14.7 Å². The zero-order valence-corrected chi connectivity index (χ0v) is 7.97. The Labute approximate surface area is 76.4 Å². The van der Waals surface area contributed by atoms with Crippen LogP contribution >= 0.6 is 0 Å². The van der Waals surface area contributed by atoms with Crippen molar-refractivity contribution in [3.8, 4) is 0 Å². The summed E-state index contributed by atoms with van der Waals surface area (Å²) in [7, 11) is -1.93. The summed E-state index contributed by atoms with van der Waals surface area (Å²) < 4.78 is 29.7. The van der Waals surface area contributed by atoms with Crippen LogP contribution in [0, 0.1) is 0 Å². The fourth-order valence-electron chi connectivity index (χ4n) is 0.746. The van der Waals surface area contributed by atoms with Crippen molar-refractivity contribution < 1.29 is 13.2 Å². The van der Waals surface area contributed by atoms with Gasteiger partial charge in [-0.15, -0.1) is 0 Å². The molecule has 1 aromatic rings. The fourth-order valence-corrected chi connectivity index (χ4v) is 1.66. The van der Waals surface area contributed by atoms with Gasteiger partial charge in [0.15, 0.2) is 5.03 Å². The average molecular weight is 205 g/mol. The third kappa shape index (κ3) is 2.79. The molecule has 1 aromatic heterocycles. The van der Waals surface area contributed by atoms with Crippen molar-refractivity contribution in [3.05, 3.63) is 12.5 Å². The smallest absolute Gasteiger partial charge is 0.257 e. The summed E-state index contributed by atoms with van der Waals surface area (Å²) in [6.45, 7) is 0.589. The number of hydrogen-bond acceptors (Lipinski definition) is 4. The highest BCUT2D eigenvalue weighted by atomic mass is 32.2. The highest BCUT2D eigenvalue weighted by molar-refractivity contribution is 7.89. The van der Waals surface area contributed by atoms with Crippen LogP contribution in [0.3, 0.4) is 0 Å². The predicted octanol–water partition coefficient (Wildman–Crippen LogP) is -0.666. The van der Waals surface area contributed by atoms with Gasteiger partial charge in [-0.2, -0.15) is 0 Å². The largest absolute Gasteiger partial charge is 0.383 e. The van der Waals surface area contributed by atoms with Gasteiger partial charge >= 0.3 is 0 Å². The normalized spacial score (nSPS) is 11.8. The van der Waals surface area contributed by atoms with Crippen LogP contribution in [0.4, 0.5) is 0 Å². The van der Waals surface area contributed by atoms with Crippen LogP contribution < -0.4 is 4.72 Å². The first kappa shape index (κ1) is 10.2. The summed E-state index contributed by atoms with van der Waals surface area (Å²) in [6.07, 6.45) is 2.56. The van der Waals surface area contributed by atoms with E-state index in [-0.39, 0.29) is 11.6 Å². The second kappa shape index (κ2) is 4.35. The first-order valence-electron chi connectivity index (χ1n) is 3.64. The van der Waals surface area contributed by atoms with Crippen LogP contribution in [0.5, 0.6) is 0 Å². The number of aromatic nitrogens is 2. The SMILES string of the molecule is COCCNS(=O)(=O)c1cnc[nH]1. The molecule has 6 nitrogen and oxygen atoms in total. The van der Waals surface area contributed by atoms with Crippen molar-refractivity contribution in [2.75, 3.05) is 20.3 Å². The lowest BCUT2D eigenvalue weighted by Crippen LogP contribution is -2.27. The number of hydrogen-bond donors (Lipinski definition) is 2. The second-order valence-corrected chi connectivity index (χ2v) is 4.04. The quantitative estimate of drug-likeness (QED) is 0.625. The van der Waals surface area contributed by atoms with Crippen LogP contribution in [0.1, 0.15) is 0 Å². The standard InChI is InChI=1S/C6H11N3O3S/c1-12-3-2-9-13(10,11)6-4-7-5-8-6/h4-5,9H,2-3H2,1H3,(H,7,8). The van der Waals surface area contributed by atoms with Crippen LogP contribution in [-0.4, -0.2) is 38.6 Å². The Morgan fingerprint density at radius 3 is 3.00 bits per heavy atom. The van der Waals surface area contributed by atoms with Gasteiger partial charge in [0, 0.05) is 13.7 Å². The van der Waals surface area contributed by atoms with Crippen molar-refractivity contribution in [1.29, 1.82) is 0 Å². The van der Waals surface area contributed by atoms with Crippen molar-refractivity contribution >= 4 is 10.0 Å². The van der Waals surface area contributed by atoms with Crippen LogP contribution in [-0.2, 0) is 14.8 Å². The minimum atomic E-state index is -3.44. The molecular weight excluding hydrogens is 194 g/mol. The minimum absolute atomic E-state index is 0.0589. The monoisotopic (exact) mass is 205 g/mol. The molecule has 2 N–H and O–H groups in total. The van der Waals surface area contributed by atoms with Gasteiger partial charge in [-0.25, -0.2) is 18.1 Å². The molecule has 0 bridgehead atoms. The van der Waals surface area contributed by atoms with Gasteiger partial charge < -0.3 is 9.72 Å². The van der Waals surface area contributed by atoms with Crippen molar-refractivity contribution in [2.24, 2.45) is 0 Å². The van der Waals surface area contributed by atoms with E-state index in [1.165, 1.54) is 19.6 Å². The van der Waals surface area contributed by atoms with Gasteiger partial charge in [0.2, 0.25) is 0 Å². The molecule has 0 fully saturated rings. The third-order valence-electron chi connectivity index (χ3n) is 1.36. The predicted molar refractivity (Wildman–Crippen MR) is 45.7 cm³/mol. The number of nitrogens with zero attached hydrogens (tertiary/aromatic N) is 1. The van der Waals surface area contributed by atoms with E-state index < -0.39 is 10.0 Å². The molecule has 74 valence electrons. The maximum Gasteiger partial charge on any atom is 0.257 e. The molecule has 7 heteroatoms. The lowest BCUT2D eigenvalue weighted by Gasteiger charge is -2.02. The van der Waals surface area contributed by atoms with Gasteiger partial charge in [0.25, 0.3) is 10.0 Å². The number of H-pyrrole nitrogens is 1. The van der Waals surface area contributed by atoms with E-state index in [9.17, 15) is 8.42 Å². The van der Waals surface area contributed by atoms with Gasteiger partial charge in [-0.3, -0.25) is 0 Å². The number of nitrogens with one attached hydrogen (secondary N) is 2. The first-order chi connectivity index (χ1) is 6.17. The average Bonchev–Trinajstić information content (AvgIpc) is 2.56. The maximum atomic E-state index is 11.3. The lowest BCUT2D eigenvalue weighted by molar-refractivity contribution is 0.204. The molecule has 0 unspecified atom stereocenters. The van der Waals surface area contributed by atoms with Gasteiger partial charge in [-0.1, -0.05) is 0 Å². The van der Waals surface area contributed by atoms with E-state index in [4.69, 9.17) is 4.74 Å². The van der Waals surface area contributed by atoms with E-state index in [0.717, 1.165) is 0 Å². The summed E-state index contributed by atoms with van der Waals surface area (Å²) >= 11 is 0. The molecule has 0 aliphatic heterocycles. The Balaban J connectivity index is 2.58. The number of aromatic amines is 1. The molecule has 0 aromatic carbocycles. The molecule has 0 aliphatic carbocycles. The van der Waals surface area contributed by atoms with Crippen LogP contribution in [0.2, 0.25) is 0 Å². The molecule has 13 heavy (non-hydrogen) atoms. The second-order valence-electron chi connectivity index (χ2n) is 2.31. The maximum absolute atomic E-state index is 11.3. The molecule has 0 spiro atoms. The summed E-state index contributed by atoms with van der Waals surface area (Å²) in [6, 6.07) is 0. The Kier molecular flexibility index (Phi) is 3.40. The first-order valence-corrected chi connectivity index (χ1v) is 5.12. The molecule has 0 saturated carbocycles. The fraction of sp³-hybridized carbons (Fsp3) is 0.500. The van der Waals surface area contributed by atoms with Crippen molar-refractivity contribution in [2.45, 2.75) is 5.03 Å². The van der Waals surface area contributed by atoms with Gasteiger partial charge in [0.05, 0.1) is 19.1 Å². The highest BCUT2D eigenvalue weighted by Crippen LogP contribution is 2.00. The molecule has 1 rings (SSSR count). The summed E-state index contributed by atoms with van der Waals surface area (Å²) in [4.78, 5) is 6.11. The zero-order valence-electron chi connectivity index (χ0n) is 7.15. The minimum Gasteiger partial charge on any atom is -0.383 e. The summed E-state index contributed by atoms with van der Waals surface area (Å²) in [5.41, 5.74) is 0. The lowest BCUT2D eigenvalue weighted by atomic mass is 10.7. The molecule has 0 saturated heterocycles. The van der Waals surface area contributed by atoms with E-state index in [2.05, 4.69) is 14.7 Å². The number of sulfonamides is 1. The Bertz CT molecular complexity index is 332. The summed E-state index contributed by atoms with van der Waals surface area (Å²) in [5, 5.41) is 0.0589. The van der Waals surface area contributed by atoms with E-state index in [1.807, 2.05) is 0 Å². The molecule has 0 radical (unpaired) electrons. The molecular formula is C6H11N3O3S. The highest BCUT2D eigenvalue weighted by Gasteiger charge is 2.13. The van der Waals surface area contributed by atoms with Crippen LogP contribution in [0.25, 0.3) is 0 Å². The zero-order chi connectivity index (χ0) is 9.73. The van der Waals surface area contributed by atoms with Crippen molar-refractivity contribution in [3.63, 3.8) is 0 Å². The third-order valence-corrected chi connectivity index (χ3v) is 2.75. The van der Waals surface area contributed by atoms with E-state index in [0.29, 0.717) is 6.61 Å². The number of methoxy groups -OCH3 is 1. The molecule has 0 atom stereocenters. The Morgan fingerprint density at radius 2 is 2.46 bits per heavy atom. The van der Waals surface area contributed by atoms with Gasteiger partial charge in [-0.05, 0) is 0 Å². The van der Waals surface area contributed by atoms with E-state index in [1.54, 1.807) is 0 Å². The Hall–Kier alpha value is -0.920. The van der Waals surface area contributed by atoms with E-state index >= 15 is 0 Å². The Morgan fingerprint density at radius 1 is 1.69 bits per heavy atom. The summed E-state index contributed by atoms with van der Waals surface area (Å²) in [5.74, 6) is 0. The van der Waals surface area contributed by atoms with Crippen LogP contribution in [0.15, 0.2) is 17.6 Å². The number of imidazole rings is 1. The number of ether oxygens (including phenoxy) is 1.